The minimum absolute atomic E-state index is 0.0535. The van der Waals surface area contributed by atoms with Crippen molar-refractivity contribution in [1.29, 1.82) is 0 Å². The van der Waals surface area contributed by atoms with Crippen LogP contribution in [0, 0.1) is 0 Å². The highest BCUT2D eigenvalue weighted by Gasteiger charge is 2.12. The molecular formula is C20H20BrNO5. The predicted molar refractivity (Wildman–Crippen MR) is 104 cm³/mol. The molecule has 142 valence electrons. The molecule has 0 saturated heterocycles. The number of carbonyl (C=O) groups excluding carboxylic acids is 3. The SMILES string of the molecule is CCOc1ccc(C(C)=O)cc1COC(=O)CNC(=O)c1cccc(Br)c1. The maximum absolute atomic E-state index is 12.0. The van der Waals surface area contributed by atoms with Crippen molar-refractivity contribution >= 4 is 33.6 Å². The van der Waals surface area contributed by atoms with Crippen molar-refractivity contribution in [3.05, 3.63) is 63.6 Å². The number of ketones is 1. The fraction of sp³-hybridized carbons (Fsp3) is 0.250. The second-order valence-corrected chi connectivity index (χ2v) is 6.58. The monoisotopic (exact) mass is 433 g/mol. The van der Waals surface area contributed by atoms with E-state index in [1.807, 2.05) is 6.92 Å². The maximum atomic E-state index is 12.0. The quantitative estimate of drug-likeness (QED) is 0.508. The van der Waals surface area contributed by atoms with Crippen molar-refractivity contribution in [2.75, 3.05) is 13.2 Å². The lowest BCUT2D eigenvalue weighted by Gasteiger charge is -2.12. The molecule has 0 spiro atoms. The molecule has 0 unspecified atom stereocenters. The molecule has 0 aliphatic carbocycles. The third-order valence-corrected chi connectivity index (χ3v) is 4.13. The van der Waals surface area contributed by atoms with Crippen LogP contribution in [0.4, 0.5) is 0 Å². The summed E-state index contributed by atoms with van der Waals surface area (Å²) < 4.78 is 11.5. The molecule has 27 heavy (non-hydrogen) atoms. The predicted octanol–water partition coefficient (Wildman–Crippen LogP) is 3.52. The fourth-order valence-electron chi connectivity index (χ4n) is 2.30. The molecule has 0 fully saturated rings. The standard InChI is InChI=1S/C20H20BrNO5/c1-3-26-18-8-7-14(13(2)23)9-16(18)12-27-19(24)11-22-20(25)15-5-4-6-17(21)10-15/h4-10H,3,11-12H2,1-2H3,(H,22,25). The molecule has 0 heterocycles. The van der Waals surface area contributed by atoms with Gasteiger partial charge in [0.1, 0.15) is 18.9 Å². The number of benzene rings is 2. The summed E-state index contributed by atoms with van der Waals surface area (Å²) in [4.78, 5) is 35.5. The van der Waals surface area contributed by atoms with Gasteiger partial charge in [0.2, 0.25) is 0 Å². The molecule has 0 aliphatic heterocycles. The molecule has 2 rings (SSSR count). The van der Waals surface area contributed by atoms with Crippen LogP contribution in [0.3, 0.4) is 0 Å². The zero-order valence-corrected chi connectivity index (χ0v) is 16.7. The lowest BCUT2D eigenvalue weighted by molar-refractivity contribution is -0.143. The first-order valence-corrected chi connectivity index (χ1v) is 9.16. The van der Waals surface area contributed by atoms with Gasteiger partial charge in [0.05, 0.1) is 6.61 Å². The van der Waals surface area contributed by atoms with Gasteiger partial charge < -0.3 is 14.8 Å². The third kappa shape index (κ3) is 6.21. The zero-order chi connectivity index (χ0) is 19.8. The van der Waals surface area contributed by atoms with Gasteiger partial charge in [0.15, 0.2) is 5.78 Å². The maximum Gasteiger partial charge on any atom is 0.325 e. The molecular weight excluding hydrogens is 414 g/mol. The molecule has 0 aromatic heterocycles. The molecule has 2 aromatic carbocycles. The summed E-state index contributed by atoms with van der Waals surface area (Å²) in [7, 11) is 0. The van der Waals surface area contributed by atoms with Gasteiger partial charge in [-0.05, 0) is 50.2 Å². The van der Waals surface area contributed by atoms with Gasteiger partial charge in [0.25, 0.3) is 5.91 Å². The van der Waals surface area contributed by atoms with E-state index in [1.54, 1.807) is 42.5 Å². The van der Waals surface area contributed by atoms with Gasteiger partial charge in [-0.25, -0.2) is 0 Å². The Kier molecular flexibility index (Phi) is 7.55. The Morgan fingerprint density at radius 3 is 2.52 bits per heavy atom. The van der Waals surface area contributed by atoms with Crippen molar-refractivity contribution in [3.63, 3.8) is 0 Å². The number of nitrogens with one attached hydrogen (secondary N) is 1. The van der Waals surface area contributed by atoms with Crippen molar-refractivity contribution in [2.45, 2.75) is 20.5 Å². The topological polar surface area (TPSA) is 81.7 Å². The first kappa shape index (κ1) is 20.6. The Morgan fingerprint density at radius 2 is 1.85 bits per heavy atom. The normalized spacial score (nSPS) is 10.2. The summed E-state index contributed by atoms with van der Waals surface area (Å²) in [5, 5.41) is 2.51. The summed E-state index contributed by atoms with van der Waals surface area (Å²) in [6.45, 7) is 3.43. The second kappa shape index (κ2) is 9.87. The van der Waals surface area contributed by atoms with Crippen LogP contribution >= 0.6 is 15.9 Å². The number of hydrogen-bond donors (Lipinski definition) is 1. The first-order chi connectivity index (χ1) is 12.9. The van der Waals surface area contributed by atoms with Gasteiger partial charge in [-0.3, -0.25) is 14.4 Å². The molecule has 0 radical (unpaired) electrons. The van der Waals surface area contributed by atoms with Crippen LogP contribution in [0.5, 0.6) is 5.75 Å². The van der Waals surface area contributed by atoms with E-state index < -0.39 is 5.97 Å². The lowest BCUT2D eigenvalue weighted by Crippen LogP contribution is -2.30. The van der Waals surface area contributed by atoms with E-state index in [-0.39, 0.29) is 24.8 Å². The van der Waals surface area contributed by atoms with Crippen molar-refractivity contribution < 1.29 is 23.9 Å². The number of esters is 1. The van der Waals surface area contributed by atoms with Crippen molar-refractivity contribution in [3.8, 4) is 5.75 Å². The molecule has 0 atom stereocenters. The molecule has 0 aliphatic rings. The van der Waals surface area contributed by atoms with Crippen molar-refractivity contribution in [2.24, 2.45) is 0 Å². The molecule has 1 amide bonds. The minimum Gasteiger partial charge on any atom is -0.493 e. The first-order valence-electron chi connectivity index (χ1n) is 8.36. The lowest BCUT2D eigenvalue weighted by atomic mass is 10.1. The average molecular weight is 434 g/mol. The van der Waals surface area contributed by atoms with Crippen LogP contribution < -0.4 is 10.1 Å². The Bertz CT molecular complexity index is 850. The van der Waals surface area contributed by atoms with E-state index >= 15 is 0 Å². The highest BCUT2D eigenvalue weighted by molar-refractivity contribution is 9.10. The van der Waals surface area contributed by atoms with Crippen LogP contribution in [0.15, 0.2) is 46.9 Å². The average Bonchev–Trinajstić information content (AvgIpc) is 2.65. The Morgan fingerprint density at radius 1 is 1.07 bits per heavy atom. The smallest absolute Gasteiger partial charge is 0.325 e. The number of Topliss-reactive ketones (excluding diaryl/α,β-unsaturated/α-hetero) is 1. The van der Waals surface area contributed by atoms with E-state index in [0.29, 0.717) is 29.0 Å². The summed E-state index contributed by atoms with van der Waals surface area (Å²) in [5.41, 5.74) is 1.54. The van der Waals surface area contributed by atoms with Gasteiger partial charge >= 0.3 is 5.97 Å². The number of halogens is 1. The summed E-state index contributed by atoms with van der Waals surface area (Å²) in [5.74, 6) is -0.503. The summed E-state index contributed by atoms with van der Waals surface area (Å²) in [6.07, 6.45) is 0. The molecule has 7 heteroatoms. The number of amides is 1. The second-order valence-electron chi connectivity index (χ2n) is 5.67. The number of ether oxygens (including phenoxy) is 2. The molecule has 6 nitrogen and oxygen atoms in total. The molecule has 1 N–H and O–H groups in total. The number of rotatable bonds is 8. The van der Waals surface area contributed by atoms with Crippen LogP contribution in [0.1, 0.15) is 40.1 Å². The largest absolute Gasteiger partial charge is 0.493 e. The van der Waals surface area contributed by atoms with Gasteiger partial charge in [-0.1, -0.05) is 22.0 Å². The van der Waals surface area contributed by atoms with Gasteiger partial charge in [0, 0.05) is 21.2 Å². The third-order valence-electron chi connectivity index (χ3n) is 3.64. The van der Waals surface area contributed by atoms with E-state index in [1.165, 1.54) is 6.92 Å². The van der Waals surface area contributed by atoms with Crippen LogP contribution in [-0.4, -0.2) is 30.8 Å². The Labute approximate surface area is 166 Å². The van der Waals surface area contributed by atoms with Crippen LogP contribution in [0.2, 0.25) is 0 Å². The fourth-order valence-corrected chi connectivity index (χ4v) is 2.70. The van der Waals surface area contributed by atoms with Crippen LogP contribution in [0.25, 0.3) is 0 Å². The van der Waals surface area contributed by atoms with Gasteiger partial charge in [-0.2, -0.15) is 0 Å². The van der Waals surface area contributed by atoms with E-state index in [4.69, 9.17) is 9.47 Å². The van der Waals surface area contributed by atoms with Crippen molar-refractivity contribution in [1.82, 2.24) is 5.32 Å². The molecule has 0 saturated carbocycles. The molecule has 2 aromatic rings. The Balaban J connectivity index is 1.93. The highest BCUT2D eigenvalue weighted by atomic mass is 79.9. The van der Waals surface area contributed by atoms with E-state index in [2.05, 4.69) is 21.2 Å². The number of carbonyl (C=O) groups is 3. The van der Waals surface area contributed by atoms with Crippen LogP contribution in [-0.2, 0) is 16.1 Å². The molecule has 0 bridgehead atoms. The Hall–Kier alpha value is -2.67. The summed E-state index contributed by atoms with van der Waals surface area (Å²) >= 11 is 3.29. The summed E-state index contributed by atoms with van der Waals surface area (Å²) in [6, 6.07) is 11.8. The van der Waals surface area contributed by atoms with Gasteiger partial charge in [-0.15, -0.1) is 0 Å². The van der Waals surface area contributed by atoms with E-state index in [9.17, 15) is 14.4 Å². The highest BCUT2D eigenvalue weighted by Crippen LogP contribution is 2.21. The zero-order valence-electron chi connectivity index (χ0n) is 15.1. The minimum atomic E-state index is -0.589. The van der Waals surface area contributed by atoms with E-state index in [0.717, 1.165) is 4.47 Å². The number of hydrogen-bond acceptors (Lipinski definition) is 5.